The Balaban J connectivity index is 1.61. The molecule has 0 amide bonds. The van der Waals surface area contributed by atoms with Crippen LogP contribution in [0.1, 0.15) is 43.7 Å². The summed E-state index contributed by atoms with van der Waals surface area (Å²) in [5.74, 6) is 0.982. The molecule has 2 aliphatic rings. The number of nitrogens with two attached hydrogens (primary N) is 1. The Kier molecular flexibility index (Phi) is 6.53. The molecule has 0 aromatic heterocycles. The van der Waals surface area contributed by atoms with E-state index in [1.54, 1.807) is 12.1 Å². The van der Waals surface area contributed by atoms with Crippen molar-refractivity contribution in [2.45, 2.75) is 45.2 Å². The van der Waals surface area contributed by atoms with Crippen LogP contribution in [-0.4, -0.2) is 23.8 Å². The summed E-state index contributed by atoms with van der Waals surface area (Å²) in [4.78, 5) is 6.68. The molecule has 0 radical (unpaired) electrons. The average molecular weight is 456 g/mol. The van der Waals surface area contributed by atoms with Crippen molar-refractivity contribution in [1.82, 2.24) is 4.90 Å². The lowest BCUT2D eigenvalue weighted by atomic mass is 9.89. The standard InChI is InChI=1S/C21H25BrF3N3/c1-2-14-12-18(19(22)20(26)27-13-14)28-9-7-16(8-10-28)11-15-3-5-17(6-4-15)21(23,24)25/h3-6,13,16H,2,7-12H2,1H3,(H2,26,27). The predicted molar refractivity (Wildman–Crippen MR) is 110 cm³/mol. The minimum atomic E-state index is -4.28. The zero-order valence-electron chi connectivity index (χ0n) is 15.9. The van der Waals surface area contributed by atoms with Gasteiger partial charge in [0.05, 0.1) is 10.0 Å². The van der Waals surface area contributed by atoms with Crippen molar-refractivity contribution in [2.24, 2.45) is 16.6 Å². The van der Waals surface area contributed by atoms with Gasteiger partial charge in [0.2, 0.25) is 0 Å². The Morgan fingerprint density at radius 3 is 2.39 bits per heavy atom. The summed E-state index contributed by atoms with van der Waals surface area (Å²) in [6.07, 6.45) is 2.19. The molecule has 3 rings (SSSR count). The number of halogens is 4. The fourth-order valence-corrected chi connectivity index (χ4v) is 4.23. The monoisotopic (exact) mass is 455 g/mol. The minimum absolute atomic E-state index is 0.477. The summed E-state index contributed by atoms with van der Waals surface area (Å²) in [6.45, 7) is 3.95. The highest BCUT2D eigenvalue weighted by atomic mass is 79.9. The van der Waals surface area contributed by atoms with Gasteiger partial charge >= 0.3 is 6.18 Å². The van der Waals surface area contributed by atoms with Gasteiger partial charge < -0.3 is 10.6 Å². The molecular formula is C21H25BrF3N3. The number of piperidine rings is 1. The summed E-state index contributed by atoms with van der Waals surface area (Å²) in [5, 5.41) is 0. The first-order valence-corrected chi connectivity index (χ1v) is 10.4. The van der Waals surface area contributed by atoms with Crippen molar-refractivity contribution < 1.29 is 13.2 Å². The van der Waals surface area contributed by atoms with Crippen molar-refractivity contribution in [2.75, 3.05) is 13.1 Å². The van der Waals surface area contributed by atoms with Crippen LogP contribution in [0.2, 0.25) is 0 Å². The molecule has 1 saturated heterocycles. The van der Waals surface area contributed by atoms with Gasteiger partial charge in [-0.1, -0.05) is 19.1 Å². The highest BCUT2D eigenvalue weighted by Gasteiger charge is 2.30. The summed E-state index contributed by atoms with van der Waals surface area (Å²) in [6, 6.07) is 5.57. The molecule has 1 aromatic rings. The second-order valence-electron chi connectivity index (χ2n) is 7.42. The molecule has 0 bridgehead atoms. The van der Waals surface area contributed by atoms with E-state index in [2.05, 4.69) is 32.7 Å². The number of rotatable bonds is 4. The van der Waals surface area contributed by atoms with Gasteiger partial charge in [-0.15, -0.1) is 0 Å². The molecule has 0 atom stereocenters. The Hall–Kier alpha value is -1.76. The highest BCUT2D eigenvalue weighted by Crippen LogP contribution is 2.33. The number of nitrogens with zero attached hydrogens (tertiary/aromatic N) is 2. The van der Waals surface area contributed by atoms with Gasteiger partial charge in [-0.3, -0.25) is 0 Å². The maximum atomic E-state index is 12.7. The molecule has 0 spiro atoms. The Morgan fingerprint density at radius 1 is 1.18 bits per heavy atom. The van der Waals surface area contributed by atoms with Crippen molar-refractivity contribution in [3.8, 4) is 0 Å². The third-order valence-electron chi connectivity index (χ3n) is 5.51. The van der Waals surface area contributed by atoms with Crippen LogP contribution in [-0.2, 0) is 12.6 Å². The number of hydrogen-bond donors (Lipinski definition) is 1. The predicted octanol–water partition coefficient (Wildman–Crippen LogP) is 5.62. The molecule has 1 fully saturated rings. The van der Waals surface area contributed by atoms with Crippen LogP contribution < -0.4 is 5.73 Å². The molecular weight excluding hydrogens is 431 g/mol. The molecule has 2 N–H and O–H groups in total. The topological polar surface area (TPSA) is 41.6 Å². The van der Waals surface area contributed by atoms with Crippen molar-refractivity contribution in [3.05, 3.63) is 57.3 Å². The van der Waals surface area contributed by atoms with Crippen molar-refractivity contribution in [1.29, 1.82) is 0 Å². The number of benzene rings is 1. The Morgan fingerprint density at radius 2 is 1.82 bits per heavy atom. The van der Waals surface area contributed by atoms with Crippen LogP contribution in [0.4, 0.5) is 13.2 Å². The Labute approximate surface area is 172 Å². The van der Waals surface area contributed by atoms with Gasteiger partial charge in [-0.25, -0.2) is 4.99 Å². The van der Waals surface area contributed by atoms with E-state index < -0.39 is 11.7 Å². The minimum Gasteiger partial charge on any atom is -0.383 e. The number of aliphatic imine (C=N–C) groups is 1. The van der Waals surface area contributed by atoms with E-state index in [1.165, 1.54) is 23.4 Å². The van der Waals surface area contributed by atoms with Gasteiger partial charge in [-0.05, 0) is 70.8 Å². The van der Waals surface area contributed by atoms with Gasteiger partial charge in [0.1, 0.15) is 5.84 Å². The quantitative estimate of drug-likeness (QED) is 0.639. The fourth-order valence-electron chi connectivity index (χ4n) is 3.74. The van der Waals surface area contributed by atoms with Crippen LogP contribution >= 0.6 is 15.9 Å². The zero-order valence-corrected chi connectivity index (χ0v) is 17.5. The van der Waals surface area contributed by atoms with E-state index in [9.17, 15) is 13.2 Å². The smallest absolute Gasteiger partial charge is 0.383 e. The lowest BCUT2D eigenvalue weighted by molar-refractivity contribution is -0.137. The third-order valence-corrected chi connectivity index (χ3v) is 6.38. The largest absolute Gasteiger partial charge is 0.416 e. The van der Waals surface area contributed by atoms with E-state index in [0.29, 0.717) is 11.8 Å². The maximum absolute atomic E-state index is 12.7. The molecule has 0 saturated carbocycles. The van der Waals surface area contributed by atoms with Crippen LogP contribution in [0.3, 0.4) is 0 Å². The number of hydrogen-bond acceptors (Lipinski definition) is 3. The van der Waals surface area contributed by atoms with E-state index in [-0.39, 0.29) is 0 Å². The van der Waals surface area contributed by atoms with Crippen LogP contribution in [0.5, 0.6) is 0 Å². The maximum Gasteiger partial charge on any atom is 0.416 e. The second-order valence-corrected chi connectivity index (χ2v) is 8.21. The molecule has 28 heavy (non-hydrogen) atoms. The van der Waals surface area contributed by atoms with E-state index in [1.807, 2.05) is 6.20 Å². The average Bonchev–Trinajstić information content (AvgIpc) is 2.81. The number of alkyl halides is 3. The first-order valence-electron chi connectivity index (χ1n) is 9.59. The SMILES string of the molecule is CCC1=CN=C(N)C(Br)=C(N2CCC(Cc3ccc(C(F)(F)F)cc3)CC2)C1. The zero-order chi connectivity index (χ0) is 20.3. The summed E-state index contributed by atoms with van der Waals surface area (Å²) >= 11 is 3.61. The van der Waals surface area contributed by atoms with Crippen LogP contribution in [0.25, 0.3) is 0 Å². The van der Waals surface area contributed by atoms with Gasteiger partial charge in [-0.2, -0.15) is 13.2 Å². The van der Waals surface area contributed by atoms with Crippen LogP contribution in [0.15, 0.2) is 51.2 Å². The normalized spacial score (nSPS) is 19.4. The summed E-state index contributed by atoms with van der Waals surface area (Å²) in [5.41, 5.74) is 8.87. The fraction of sp³-hybridized carbons (Fsp3) is 0.476. The van der Waals surface area contributed by atoms with Crippen molar-refractivity contribution >= 4 is 21.8 Å². The Bertz CT molecular complexity index is 786. The molecule has 3 nitrogen and oxygen atoms in total. The van der Waals surface area contributed by atoms with Gasteiger partial charge in [0.25, 0.3) is 0 Å². The van der Waals surface area contributed by atoms with Gasteiger partial charge in [0.15, 0.2) is 0 Å². The molecule has 2 heterocycles. The molecule has 2 aliphatic heterocycles. The molecule has 152 valence electrons. The lowest BCUT2D eigenvalue weighted by Crippen LogP contribution is -2.35. The van der Waals surface area contributed by atoms with E-state index in [4.69, 9.17) is 5.73 Å². The van der Waals surface area contributed by atoms with Crippen LogP contribution in [0, 0.1) is 5.92 Å². The highest BCUT2D eigenvalue weighted by molar-refractivity contribution is 9.12. The summed E-state index contributed by atoms with van der Waals surface area (Å²) in [7, 11) is 0. The first-order chi connectivity index (χ1) is 13.3. The molecule has 7 heteroatoms. The first kappa shape index (κ1) is 21.0. The van der Waals surface area contributed by atoms with Gasteiger partial charge in [0, 0.05) is 31.4 Å². The third kappa shape index (κ3) is 4.99. The summed E-state index contributed by atoms with van der Waals surface area (Å²) < 4.78 is 39.0. The van der Waals surface area contributed by atoms with E-state index in [0.717, 1.165) is 55.2 Å². The molecule has 0 unspecified atom stereocenters. The lowest BCUT2D eigenvalue weighted by Gasteiger charge is -2.36. The number of likely N-dealkylation sites (tertiary alicyclic amines) is 1. The molecule has 1 aromatic carbocycles. The van der Waals surface area contributed by atoms with E-state index >= 15 is 0 Å². The molecule has 0 aliphatic carbocycles. The second kappa shape index (κ2) is 8.72. The number of amidine groups is 1. The number of allylic oxidation sites excluding steroid dienone is 1. The van der Waals surface area contributed by atoms with Crippen molar-refractivity contribution in [3.63, 3.8) is 0 Å².